The quantitative estimate of drug-likeness (QED) is 0.0347. The van der Waals surface area contributed by atoms with Crippen molar-refractivity contribution in [3.63, 3.8) is 0 Å². The van der Waals surface area contributed by atoms with Crippen LogP contribution in [0.5, 0.6) is 23.0 Å². The zero-order chi connectivity index (χ0) is 51.4. The maximum atomic E-state index is 12.0. The van der Waals surface area contributed by atoms with Crippen LogP contribution >= 0.6 is 12.4 Å². The number of nitrogens with one attached hydrogen (secondary N) is 1. The van der Waals surface area contributed by atoms with E-state index in [1.165, 1.54) is 0 Å². The Hall–Kier alpha value is -5.41. The molecule has 5 N–H and O–H groups in total. The van der Waals surface area contributed by atoms with Crippen molar-refractivity contribution in [2.24, 2.45) is 11.5 Å². The van der Waals surface area contributed by atoms with Gasteiger partial charge in [0.05, 0.1) is 107 Å². The zero-order valence-corrected chi connectivity index (χ0v) is 44.0. The number of hydrogen-bond donors (Lipinski definition) is 3. The van der Waals surface area contributed by atoms with E-state index in [1.54, 1.807) is 36.9 Å². The molecule has 4 atom stereocenters. The van der Waals surface area contributed by atoms with Crippen LogP contribution in [-0.2, 0) is 33.2 Å². The Morgan fingerprint density at radius 2 is 0.789 bits per heavy atom. The molecule has 0 unspecified atom stereocenters. The predicted molar refractivity (Wildman–Crippen MR) is 271 cm³/mol. The second-order valence-corrected chi connectivity index (χ2v) is 18.2. The summed E-state index contributed by atoms with van der Waals surface area (Å²) in [5.74, 6) is 2.35. The number of alkyl carbamates (subject to hydrolysis) is 1. The molecule has 4 rings (SSSR count). The first kappa shape index (κ1) is 61.7. The number of hydrogen-bond acceptors (Lipinski definition) is 18. The van der Waals surface area contributed by atoms with Crippen molar-refractivity contribution < 1.29 is 57.0 Å². The average Bonchev–Trinajstić information content (AvgIpc) is 3.29. The van der Waals surface area contributed by atoms with Crippen molar-refractivity contribution in [3.05, 3.63) is 96.1 Å². The summed E-state index contributed by atoms with van der Waals surface area (Å²) in [7, 11) is 0. The zero-order valence-electron chi connectivity index (χ0n) is 43.2. The third-order valence-corrected chi connectivity index (χ3v) is 9.27. The summed E-state index contributed by atoms with van der Waals surface area (Å²) in [5, 5.41) is 2.76. The first-order chi connectivity index (χ1) is 33.3. The minimum Gasteiger partial charge on any atom is -0.490 e. The van der Waals surface area contributed by atoms with E-state index in [0.29, 0.717) is 108 Å². The number of esters is 1. The number of halogens is 1. The van der Waals surface area contributed by atoms with Gasteiger partial charge in [0.2, 0.25) is 0 Å². The number of carbonyl (C=O) groups excluding carboxylic acids is 2. The summed E-state index contributed by atoms with van der Waals surface area (Å²) >= 11 is 0. The summed E-state index contributed by atoms with van der Waals surface area (Å²) in [4.78, 5) is 41.2. The van der Waals surface area contributed by atoms with Crippen molar-refractivity contribution in [1.29, 1.82) is 0 Å². The lowest BCUT2D eigenvalue weighted by molar-refractivity contribution is -0.155. The van der Waals surface area contributed by atoms with Crippen LogP contribution in [0.2, 0.25) is 0 Å². The molecule has 0 spiro atoms. The summed E-state index contributed by atoms with van der Waals surface area (Å²) in [6.07, 6.45) is 6.38. The van der Waals surface area contributed by atoms with Crippen molar-refractivity contribution in [2.75, 3.05) is 79.3 Å². The van der Waals surface area contributed by atoms with Gasteiger partial charge in [-0.1, -0.05) is 6.92 Å². The average molecular weight is 1020 g/mol. The van der Waals surface area contributed by atoms with Crippen LogP contribution in [0.1, 0.15) is 122 Å². The molecular formula is C51H78ClN7O12. The second-order valence-electron chi connectivity index (χ2n) is 18.2. The number of rotatable bonds is 29. The third-order valence-electron chi connectivity index (χ3n) is 9.27. The molecule has 0 saturated heterocycles. The topological polar surface area (TPSA) is 242 Å². The van der Waals surface area contributed by atoms with Crippen LogP contribution in [0.25, 0.3) is 0 Å². The molecule has 0 radical (unpaired) electrons. The van der Waals surface area contributed by atoms with E-state index in [4.69, 9.17) is 58.8 Å². The fourth-order valence-electron chi connectivity index (χ4n) is 5.81. The molecule has 20 heteroatoms. The predicted octanol–water partition coefficient (Wildman–Crippen LogP) is 7.82. The summed E-state index contributed by atoms with van der Waals surface area (Å²) in [5.41, 5.74) is 13.6. The molecule has 0 bridgehead atoms. The molecule has 0 saturated carbocycles. The van der Waals surface area contributed by atoms with Gasteiger partial charge in [-0.3, -0.25) is 24.7 Å². The van der Waals surface area contributed by atoms with Gasteiger partial charge in [0.1, 0.15) is 60.6 Å². The number of nitrogens with two attached hydrogens (primary N) is 2. The molecule has 4 heterocycles. The summed E-state index contributed by atoms with van der Waals surface area (Å²) < 4.78 is 55.1. The van der Waals surface area contributed by atoms with Gasteiger partial charge in [-0.05, 0) is 111 Å². The fourth-order valence-corrected chi connectivity index (χ4v) is 5.81. The Kier molecular flexibility index (Phi) is 28.9. The molecule has 0 aromatic carbocycles. The van der Waals surface area contributed by atoms with Gasteiger partial charge in [-0.2, -0.15) is 0 Å². The highest BCUT2D eigenvalue weighted by Crippen LogP contribution is 2.22. The minimum absolute atomic E-state index is 0. The van der Waals surface area contributed by atoms with Gasteiger partial charge in [-0.15, -0.1) is 12.4 Å². The number of nitrogens with zero attached hydrogens (tertiary/aromatic N) is 4. The molecule has 0 aliphatic heterocycles. The third kappa shape index (κ3) is 28.3. The Labute approximate surface area is 426 Å². The highest BCUT2D eigenvalue weighted by atomic mass is 35.5. The van der Waals surface area contributed by atoms with E-state index in [0.717, 1.165) is 17.1 Å². The van der Waals surface area contributed by atoms with Gasteiger partial charge in [0.25, 0.3) is 0 Å². The van der Waals surface area contributed by atoms with Crippen LogP contribution in [0, 0.1) is 0 Å². The lowest BCUT2D eigenvalue weighted by Gasteiger charge is -2.21. The van der Waals surface area contributed by atoms with Crippen LogP contribution in [0.3, 0.4) is 0 Å². The molecule has 0 fully saturated rings. The van der Waals surface area contributed by atoms with Crippen molar-refractivity contribution in [2.45, 2.75) is 111 Å². The van der Waals surface area contributed by atoms with E-state index >= 15 is 0 Å². The number of amides is 1. The molecule has 19 nitrogen and oxygen atoms in total. The number of pyridine rings is 4. The maximum Gasteiger partial charge on any atom is 0.408 e. The minimum atomic E-state index is -0.559. The number of carbonyl (C=O) groups is 2. The highest BCUT2D eigenvalue weighted by Gasteiger charge is 2.21. The van der Waals surface area contributed by atoms with Gasteiger partial charge >= 0.3 is 12.1 Å². The Morgan fingerprint density at radius 1 is 0.479 bits per heavy atom. The highest BCUT2D eigenvalue weighted by molar-refractivity contribution is 5.85. The molecule has 71 heavy (non-hydrogen) atoms. The molecule has 396 valence electrons. The first-order valence-corrected chi connectivity index (χ1v) is 23.7. The monoisotopic (exact) mass is 1020 g/mol. The van der Waals surface area contributed by atoms with Gasteiger partial charge < -0.3 is 64.2 Å². The fraction of sp³-hybridized carbons (Fsp3) is 0.569. The standard InChI is InChI=1S/C31H47N3O8.C20H30N4O4.ClH/c1-22(19-28(35)41-30(3,4)5)26-11-9-24(20-32-26)39-17-15-37-13-14-38-16-18-40-25-10-12-27(33-21-25)23(2)34-29(36)42-31(6,7)8;1-15(21)19-5-3-17(13-23-19)27-11-9-25-7-8-26-10-12-28-18-4-6-20(16(2)22)24-14-18;/h9-12,20-23H,13-19H2,1-8H3,(H,34,36);3-6,13-16H,7-12,21-22H2,1-2H3;1H/t22-,23+;15-,16-;/m10./s1. The number of aromatic nitrogens is 4. The number of ether oxygens (including phenoxy) is 10. The first-order valence-electron chi connectivity index (χ1n) is 23.7. The molecule has 4 aromatic rings. The molecule has 4 aromatic heterocycles. The van der Waals surface area contributed by atoms with Crippen molar-refractivity contribution >= 4 is 24.5 Å². The Balaban J connectivity index is 0.000000518. The van der Waals surface area contributed by atoms with Crippen LogP contribution in [0.15, 0.2) is 73.3 Å². The van der Waals surface area contributed by atoms with Gasteiger partial charge in [-0.25, -0.2) is 4.79 Å². The maximum absolute atomic E-state index is 12.0. The van der Waals surface area contributed by atoms with Crippen LogP contribution in [0.4, 0.5) is 4.79 Å². The van der Waals surface area contributed by atoms with E-state index in [-0.39, 0.29) is 48.8 Å². The van der Waals surface area contributed by atoms with E-state index in [9.17, 15) is 9.59 Å². The van der Waals surface area contributed by atoms with Crippen LogP contribution in [-0.4, -0.2) is 122 Å². The van der Waals surface area contributed by atoms with Gasteiger partial charge in [0, 0.05) is 23.7 Å². The van der Waals surface area contributed by atoms with E-state index in [2.05, 4.69) is 25.3 Å². The smallest absolute Gasteiger partial charge is 0.408 e. The Morgan fingerprint density at radius 3 is 1.08 bits per heavy atom. The van der Waals surface area contributed by atoms with E-state index < -0.39 is 17.3 Å². The molecule has 1 amide bonds. The summed E-state index contributed by atoms with van der Waals surface area (Å²) in [6, 6.07) is 14.3. The van der Waals surface area contributed by atoms with Crippen LogP contribution < -0.4 is 35.7 Å². The molecule has 0 aliphatic carbocycles. The van der Waals surface area contributed by atoms with Crippen molar-refractivity contribution in [1.82, 2.24) is 25.3 Å². The van der Waals surface area contributed by atoms with Crippen molar-refractivity contribution in [3.8, 4) is 23.0 Å². The van der Waals surface area contributed by atoms with Gasteiger partial charge in [0.15, 0.2) is 0 Å². The Bertz CT molecular complexity index is 1890. The normalized spacial score (nSPS) is 13.0. The summed E-state index contributed by atoms with van der Waals surface area (Å²) in [6.45, 7) is 23.8. The molecular weight excluding hydrogens is 938 g/mol. The van der Waals surface area contributed by atoms with E-state index in [1.807, 2.05) is 106 Å². The lowest BCUT2D eigenvalue weighted by atomic mass is 10.0. The SMILES string of the molecule is C[C@H](CC(=O)OC(C)(C)C)c1ccc(OCCOCCOCCOc2ccc([C@H](C)NC(=O)OC(C)(C)C)nc2)cn1.C[C@H](N)c1ccc(OCCOCCOCCOc2ccc([C@H](C)N)nc2)cn1.Cl. The largest absolute Gasteiger partial charge is 0.490 e. The lowest BCUT2D eigenvalue weighted by Crippen LogP contribution is -2.34. The molecule has 0 aliphatic rings. The second kappa shape index (κ2) is 33.3.